The summed E-state index contributed by atoms with van der Waals surface area (Å²) in [7, 11) is 0. The summed E-state index contributed by atoms with van der Waals surface area (Å²) in [6.07, 6.45) is 5.64. The molecule has 0 aliphatic carbocycles. The van der Waals surface area contributed by atoms with Crippen LogP contribution in [0.5, 0.6) is 0 Å². The van der Waals surface area contributed by atoms with E-state index in [-0.39, 0.29) is 0 Å². The van der Waals surface area contributed by atoms with E-state index in [1.54, 1.807) is 6.20 Å². The van der Waals surface area contributed by atoms with Crippen LogP contribution in [0, 0.1) is 0 Å². The Balaban J connectivity index is 2.03. The quantitative estimate of drug-likeness (QED) is 0.767. The van der Waals surface area contributed by atoms with Crippen molar-refractivity contribution in [1.82, 2.24) is 4.98 Å². The summed E-state index contributed by atoms with van der Waals surface area (Å²) in [6, 6.07) is 12.0. The number of benzene rings is 1. The standard InChI is InChI=1S/C13H12ClN/c14-13-6-2-1-5-12(13)8-7-11-4-3-9-15-10-11/h1-6,9-10H,7-8H2. The Hall–Kier alpha value is -1.34. The van der Waals surface area contributed by atoms with Crippen LogP contribution >= 0.6 is 11.6 Å². The number of pyridine rings is 1. The fourth-order valence-electron chi connectivity index (χ4n) is 1.53. The van der Waals surface area contributed by atoms with Gasteiger partial charge in [0.05, 0.1) is 0 Å². The third-order valence-corrected chi connectivity index (χ3v) is 2.73. The molecule has 1 heterocycles. The molecule has 0 aliphatic rings. The van der Waals surface area contributed by atoms with E-state index < -0.39 is 0 Å². The van der Waals surface area contributed by atoms with Crippen molar-refractivity contribution in [2.45, 2.75) is 12.8 Å². The van der Waals surface area contributed by atoms with Gasteiger partial charge in [-0.1, -0.05) is 35.9 Å². The molecule has 0 spiro atoms. The molecule has 0 N–H and O–H groups in total. The van der Waals surface area contributed by atoms with E-state index in [4.69, 9.17) is 11.6 Å². The van der Waals surface area contributed by atoms with Crippen molar-refractivity contribution < 1.29 is 0 Å². The zero-order valence-electron chi connectivity index (χ0n) is 8.36. The molecular formula is C13H12ClN. The van der Waals surface area contributed by atoms with Gasteiger partial charge in [0, 0.05) is 17.4 Å². The van der Waals surface area contributed by atoms with Crippen LogP contribution in [0.4, 0.5) is 0 Å². The molecule has 0 saturated heterocycles. The van der Waals surface area contributed by atoms with Crippen LogP contribution < -0.4 is 0 Å². The first kappa shape index (κ1) is 10.2. The molecule has 76 valence electrons. The predicted molar refractivity (Wildman–Crippen MR) is 63.1 cm³/mol. The van der Waals surface area contributed by atoms with Crippen LogP contribution in [-0.2, 0) is 12.8 Å². The van der Waals surface area contributed by atoms with Crippen molar-refractivity contribution in [2.75, 3.05) is 0 Å². The maximum atomic E-state index is 6.07. The molecule has 0 atom stereocenters. The minimum Gasteiger partial charge on any atom is -0.264 e. The lowest BCUT2D eigenvalue weighted by Crippen LogP contribution is -1.92. The van der Waals surface area contributed by atoms with Crippen LogP contribution in [0.25, 0.3) is 0 Å². The van der Waals surface area contributed by atoms with Gasteiger partial charge >= 0.3 is 0 Å². The van der Waals surface area contributed by atoms with E-state index in [0.29, 0.717) is 0 Å². The van der Waals surface area contributed by atoms with Crippen LogP contribution in [0.2, 0.25) is 5.02 Å². The minimum atomic E-state index is 0.849. The molecule has 15 heavy (non-hydrogen) atoms. The number of aromatic nitrogens is 1. The summed E-state index contributed by atoms with van der Waals surface area (Å²) in [5, 5.41) is 0.849. The van der Waals surface area contributed by atoms with Gasteiger partial charge in [-0.3, -0.25) is 4.98 Å². The van der Waals surface area contributed by atoms with Crippen LogP contribution in [-0.4, -0.2) is 4.98 Å². The Kier molecular flexibility index (Phi) is 3.36. The molecular weight excluding hydrogens is 206 g/mol. The molecule has 0 unspecified atom stereocenters. The molecule has 0 aliphatic heterocycles. The number of hydrogen-bond donors (Lipinski definition) is 0. The Bertz CT molecular complexity index is 426. The van der Waals surface area contributed by atoms with Gasteiger partial charge in [-0.2, -0.15) is 0 Å². The fraction of sp³-hybridized carbons (Fsp3) is 0.154. The van der Waals surface area contributed by atoms with Crippen LogP contribution in [0.1, 0.15) is 11.1 Å². The highest BCUT2D eigenvalue weighted by Gasteiger charge is 1.99. The van der Waals surface area contributed by atoms with Crippen LogP contribution in [0.3, 0.4) is 0 Å². The average molecular weight is 218 g/mol. The number of aryl methyl sites for hydroxylation is 2. The maximum absolute atomic E-state index is 6.07. The summed E-state index contributed by atoms with van der Waals surface area (Å²) < 4.78 is 0. The maximum Gasteiger partial charge on any atom is 0.0438 e. The largest absolute Gasteiger partial charge is 0.264 e. The highest BCUT2D eigenvalue weighted by molar-refractivity contribution is 6.31. The van der Waals surface area contributed by atoms with Gasteiger partial charge in [0.25, 0.3) is 0 Å². The van der Waals surface area contributed by atoms with Crippen molar-refractivity contribution >= 4 is 11.6 Å². The van der Waals surface area contributed by atoms with Crippen LogP contribution in [0.15, 0.2) is 48.8 Å². The highest BCUT2D eigenvalue weighted by atomic mass is 35.5. The zero-order valence-corrected chi connectivity index (χ0v) is 9.11. The molecule has 2 aromatic rings. The molecule has 0 saturated carbocycles. The first-order chi connectivity index (χ1) is 7.36. The Morgan fingerprint density at radius 2 is 1.87 bits per heavy atom. The monoisotopic (exact) mass is 217 g/mol. The summed E-state index contributed by atoms with van der Waals surface area (Å²) >= 11 is 6.07. The Labute approximate surface area is 94.7 Å². The molecule has 2 heteroatoms. The van der Waals surface area contributed by atoms with Crippen molar-refractivity contribution in [1.29, 1.82) is 0 Å². The number of nitrogens with zero attached hydrogens (tertiary/aromatic N) is 1. The molecule has 1 nitrogen and oxygen atoms in total. The molecule has 0 bridgehead atoms. The van der Waals surface area contributed by atoms with Gasteiger partial charge in [-0.15, -0.1) is 0 Å². The van der Waals surface area contributed by atoms with Crippen molar-refractivity contribution in [3.8, 4) is 0 Å². The smallest absolute Gasteiger partial charge is 0.0438 e. The molecule has 1 aromatic carbocycles. The molecule has 2 rings (SSSR count). The van der Waals surface area contributed by atoms with Gasteiger partial charge in [-0.25, -0.2) is 0 Å². The third-order valence-electron chi connectivity index (χ3n) is 2.36. The second-order valence-corrected chi connectivity index (χ2v) is 3.86. The number of halogens is 1. The third kappa shape index (κ3) is 2.80. The van der Waals surface area contributed by atoms with Gasteiger partial charge in [0.1, 0.15) is 0 Å². The van der Waals surface area contributed by atoms with Gasteiger partial charge < -0.3 is 0 Å². The first-order valence-corrected chi connectivity index (χ1v) is 5.36. The van der Waals surface area contributed by atoms with E-state index in [1.807, 2.05) is 30.5 Å². The Morgan fingerprint density at radius 1 is 1.00 bits per heavy atom. The normalized spacial score (nSPS) is 10.2. The van der Waals surface area contributed by atoms with Gasteiger partial charge in [0.15, 0.2) is 0 Å². The number of hydrogen-bond acceptors (Lipinski definition) is 1. The van der Waals surface area contributed by atoms with Crippen molar-refractivity contribution in [2.24, 2.45) is 0 Å². The second kappa shape index (κ2) is 4.94. The van der Waals surface area contributed by atoms with E-state index in [0.717, 1.165) is 17.9 Å². The lowest BCUT2D eigenvalue weighted by atomic mass is 10.1. The predicted octanol–water partition coefficient (Wildman–Crippen LogP) is 3.52. The molecule has 1 aromatic heterocycles. The summed E-state index contributed by atoms with van der Waals surface area (Å²) in [5.74, 6) is 0. The topological polar surface area (TPSA) is 12.9 Å². The molecule has 0 radical (unpaired) electrons. The van der Waals surface area contributed by atoms with E-state index in [2.05, 4.69) is 17.1 Å². The molecule has 0 fully saturated rings. The van der Waals surface area contributed by atoms with Crippen molar-refractivity contribution in [3.05, 3.63) is 64.9 Å². The zero-order chi connectivity index (χ0) is 10.5. The second-order valence-electron chi connectivity index (χ2n) is 3.45. The lowest BCUT2D eigenvalue weighted by Gasteiger charge is -2.03. The van der Waals surface area contributed by atoms with Gasteiger partial charge in [0.2, 0.25) is 0 Å². The summed E-state index contributed by atoms with van der Waals surface area (Å²) in [5.41, 5.74) is 2.44. The lowest BCUT2D eigenvalue weighted by molar-refractivity contribution is 0.950. The Morgan fingerprint density at radius 3 is 2.60 bits per heavy atom. The summed E-state index contributed by atoms with van der Waals surface area (Å²) in [6.45, 7) is 0. The SMILES string of the molecule is Clc1ccccc1CCc1cccnc1. The summed E-state index contributed by atoms with van der Waals surface area (Å²) in [4.78, 5) is 4.09. The van der Waals surface area contributed by atoms with E-state index in [1.165, 1.54) is 11.1 Å². The van der Waals surface area contributed by atoms with Crippen molar-refractivity contribution in [3.63, 3.8) is 0 Å². The fourth-order valence-corrected chi connectivity index (χ4v) is 1.76. The van der Waals surface area contributed by atoms with E-state index >= 15 is 0 Å². The average Bonchev–Trinajstić information content (AvgIpc) is 2.29. The highest BCUT2D eigenvalue weighted by Crippen LogP contribution is 2.16. The first-order valence-electron chi connectivity index (χ1n) is 4.98. The van der Waals surface area contributed by atoms with E-state index in [9.17, 15) is 0 Å². The van der Waals surface area contributed by atoms with Gasteiger partial charge in [-0.05, 0) is 36.1 Å². The number of rotatable bonds is 3. The molecule has 0 amide bonds. The minimum absolute atomic E-state index is 0.849.